The van der Waals surface area contributed by atoms with Crippen LogP contribution in [-0.2, 0) is 4.79 Å². The summed E-state index contributed by atoms with van der Waals surface area (Å²) in [6.07, 6.45) is 3.25. The Labute approximate surface area is 142 Å². The number of fused-ring (bicyclic) bond motifs is 1. The number of carbonyl (C=O) groups is 2. The Morgan fingerprint density at radius 3 is 2.21 bits per heavy atom. The van der Waals surface area contributed by atoms with Crippen LogP contribution in [0.5, 0.6) is 0 Å². The van der Waals surface area contributed by atoms with E-state index in [0.29, 0.717) is 32.1 Å². The van der Waals surface area contributed by atoms with E-state index in [0.717, 1.165) is 29.2 Å². The molecule has 2 amide bonds. The average molecular weight is 322 g/mol. The Bertz CT molecular complexity index is 769. The van der Waals surface area contributed by atoms with Gasteiger partial charge in [-0.1, -0.05) is 42.8 Å². The van der Waals surface area contributed by atoms with Gasteiger partial charge in [0.1, 0.15) is 0 Å². The number of hydrogen-bond donors (Lipinski definition) is 0. The van der Waals surface area contributed by atoms with Gasteiger partial charge in [0.15, 0.2) is 0 Å². The highest BCUT2D eigenvalue weighted by Crippen LogP contribution is 2.28. The molecule has 0 spiro atoms. The summed E-state index contributed by atoms with van der Waals surface area (Å²) in [6.45, 7) is 2.57. The highest BCUT2D eigenvalue weighted by molar-refractivity contribution is 6.07. The van der Waals surface area contributed by atoms with E-state index in [4.69, 9.17) is 0 Å². The number of rotatable bonds is 2. The van der Waals surface area contributed by atoms with Gasteiger partial charge in [-0.15, -0.1) is 0 Å². The third-order valence-electron chi connectivity index (χ3n) is 5.35. The van der Waals surface area contributed by atoms with E-state index in [-0.39, 0.29) is 11.8 Å². The molecule has 2 aliphatic rings. The van der Waals surface area contributed by atoms with Gasteiger partial charge in [-0.2, -0.15) is 0 Å². The van der Waals surface area contributed by atoms with Crippen LogP contribution in [0.1, 0.15) is 29.6 Å². The predicted octanol–water partition coefficient (Wildman–Crippen LogP) is 2.92. The van der Waals surface area contributed by atoms with Gasteiger partial charge in [-0.05, 0) is 29.7 Å². The van der Waals surface area contributed by atoms with E-state index in [9.17, 15) is 9.59 Å². The minimum absolute atomic E-state index is 0.0718. The molecule has 0 unspecified atom stereocenters. The summed E-state index contributed by atoms with van der Waals surface area (Å²) < 4.78 is 0. The van der Waals surface area contributed by atoms with Gasteiger partial charge in [-0.3, -0.25) is 9.59 Å². The van der Waals surface area contributed by atoms with Crippen LogP contribution in [0, 0.1) is 5.92 Å². The van der Waals surface area contributed by atoms with Crippen LogP contribution in [-0.4, -0.2) is 47.8 Å². The second kappa shape index (κ2) is 6.27. The Morgan fingerprint density at radius 1 is 0.833 bits per heavy atom. The van der Waals surface area contributed by atoms with Crippen LogP contribution in [0.2, 0.25) is 0 Å². The van der Waals surface area contributed by atoms with Crippen molar-refractivity contribution in [2.24, 2.45) is 5.92 Å². The van der Waals surface area contributed by atoms with Gasteiger partial charge >= 0.3 is 0 Å². The standard InChI is InChI=1S/C20H22N2O2/c23-19(16-7-3-8-16)21-11-13-22(14-12-21)20(24)18-10-4-6-15-5-1-2-9-17(15)18/h1-2,4-6,9-10,16H,3,7-8,11-14H2. The normalized spacial score (nSPS) is 18.5. The van der Waals surface area contributed by atoms with Crippen molar-refractivity contribution in [3.8, 4) is 0 Å². The number of benzene rings is 2. The fourth-order valence-corrected chi connectivity index (χ4v) is 3.63. The SMILES string of the molecule is O=C(c1cccc2ccccc12)N1CCN(C(=O)C2CCC2)CC1. The molecule has 0 bridgehead atoms. The number of carbonyl (C=O) groups excluding carboxylic acids is 2. The first-order valence-electron chi connectivity index (χ1n) is 8.80. The topological polar surface area (TPSA) is 40.6 Å². The molecule has 0 atom stereocenters. The minimum Gasteiger partial charge on any atom is -0.339 e. The fourth-order valence-electron chi connectivity index (χ4n) is 3.63. The summed E-state index contributed by atoms with van der Waals surface area (Å²) in [5.74, 6) is 0.603. The summed E-state index contributed by atoms with van der Waals surface area (Å²) in [5, 5.41) is 2.08. The molecule has 0 radical (unpaired) electrons. The van der Waals surface area contributed by atoms with Crippen molar-refractivity contribution in [1.82, 2.24) is 9.80 Å². The van der Waals surface area contributed by atoms with E-state index in [1.165, 1.54) is 6.42 Å². The molecular formula is C20H22N2O2. The first-order valence-corrected chi connectivity index (χ1v) is 8.80. The molecule has 2 aromatic rings. The molecule has 4 nitrogen and oxygen atoms in total. The van der Waals surface area contributed by atoms with Crippen molar-refractivity contribution in [3.63, 3.8) is 0 Å². The number of nitrogens with zero attached hydrogens (tertiary/aromatic N) is 2. The first-order chi connectivity index (χ1) is 11.7. The van der Waals surface area contributed by atoms with Gasteiger partial charge in [0.2, 0.25) is 5.91 Å². The second-order valence-electron chi connectivity index (χ2n) is 6.77. The van der Waals surface area contributed by atoms with Gasteiger partial charge in [0, 0.05) is 37.7 Å². The molecular weight excluding hydrogens is 300 g/mol. The van der Waals surface area contributed by atoms with E-state index in [1.807, 2.05) is 52.3 Å². The maximum Gasteiger partial charge on any atom is 0.254 e. The average Bonchev–Trinajstić information content (AvgIpc) is 2.59. The van der Waals surface area contributed by atoms with Crippen molar-refractivity contribution in [1.29, 1.82) is 0 Å². The summed E-state index contributed by atoms with van der Waals surface area (Å²) in [7, 11) is 0. The summed E-state index contributed by atoms with van der Waals surface area (Å²) >= 11 is 0. The molecule has 24 heavy (non-hydrogen) atoms. The molecule has 1 aliphatic carbocycles. The number of hydrogen-bond acceptors (Lipinski definition) is 2. The van der Waals surface area contributed by atoms with Gasteiger partial charge in [0.05, 0.1) is 0 Å². The molecule has 2 aromatic carbocycles. The zero-order valence-corrected chi connectivity index (χ0v) is 13.8. The molecule has 4 rings (SSSR count). The molecule has 1 heterocycles. The van der Waals surface area contributed by atoms with Crippen LogP contribution in [0.3, 0.4) is 0 Å². The van der Waals surface area contributed by atoms with Crippen LogP contribution in [0.4, 0.5) is 0 Å². The Kier molecular flexibility index (Phi) is 3.97. The first kappa shape index (κ1) is 15.2. The molecule has 4 heteroatoms. The van der Waals surface area contributed by atoms with Gasteiger partial charge in [0.25, 0.3) is 5.91 Å². The summed E-state index contributed by atoms with van der Waals surface area (Å²) in [5.41, 5.74) is 0.756. The Hall–Kier alpha value is -2.36. The van der Waals surface area contributed by atoms with Crippen molar-refractivity contribution in [2.45, 2.75) is 19.3 Å². The van der Waals surface area contributed by atoms with Crippen LogP contribution < -0.4 is 0 Å². The fraction of sp³-hybridized carbons (Fsp3) is 0.400. The highest BCUT2D eigenvalue weighted by Gasteiger charge is 2.32. The summed E-state index contributed by atoms with van der Waals surface area (Å²) in [4.78, 5) is 29.1. The number of amides is 2. The van der Waals surface area contributed by atoms with Gasteiger partial charge < -0.3 is 9.80 Å². The van der Waals surface area contributed by atoms with Gasteiger partial charge in [-0.25, -0.2) is 0 Å². The van der Waals surface area contributed by atoms with E-state index >= 15 is 0 Å². The molecule has 2 fully saturated rings. The highest BCUT2D eigenvalue weighted by atomic mass is 16.2. The lowest BCUT2D eigenvalue weighted by molar-refractivity contribution is -0.139. The van der Waals surface area contributed by atoms with Crippen molar-refractivity contribution in [2.75, 3.05) is 26.2 Å². The van der Waals surface area contributed by atoms with Crippen LogP contribution in [0.15, 0.2) is 42.5 Å². The number of piperazine rings is 1. The Balaban J connectivity index is 1.47. The molecule has 0 N–H and O–H groups in total. The van der Waals surface area contributed by atoms with E-state index < -0.39 is 0 Å². The van der Waals surface area contributed by atoms with Crippen LogP contribution >= 0.6 is 0 Å². The smallest absolute Gasteiger partial charge is 0.254 e. The maximum absolute atomic E-state index is 12.9. The molecule has 124 valence electrons. The quantitative estimate of drug-likeness (QED) is 0.853. The summed E-state index contributed by atoms with van der Waals surface area (Å²) in [6, 6.07) is 13.8. The molecule has 1 saturated heterocycles. The lowest BCUT2D eigenvalue weighted by Crippen LogP contribution is -2.52. The van der Waals surface area contributed by atoms with E-state index in [2.05, 4.69) is 0 Å². The zero-order chi connectivity index (χ0) is 16.5. The largest absolute Gasteiger partial charge is 0.339 e. The maximum atomic E-state index is 12.9. The lowest BCUT2D eigenvalue weighted by Gasteiger charge is -2.38. The van der Waals surface area contributed by atoms with Crippen LogP contribution in [0.25, 0.3) is 10.8 Å². The van der Waals surface area contributed by atoms with Crippen molar-refractivity contribution in [3.05, 3.63) is 48.0 Å². The Morgan fingerprint density at radius 2 is 1.50 bits per heavy atom. The third-order valence-corrected chi connectivity index (χ3v) is 5.35. The second-order valence-corrected chi connectivity index (χ2v) is 6.77. The molecule has 1 aliphatic heterocycles. The zero-order valence-electron chi connectivity index (χ0n) is 13.8. The minimum atomic E-state index is 0.0718. The van der Waals surface area contributed by atoms with Crippen molar-refractivity contribution < 1.29 is 9.59 Å². The lowest BCUT2D eigenvalue weighted by atomic mass is 9.84. The third kappa shape index (κ3) is 2.66. The molecule has 1 saturated carbocycles. The van der Waals surface area contributed by atoms with Crippen molar-refractivity contribution >= 4 is 22.6 Å². The predicted molar refractivity (Wildman–Crippen MR) is 93.8 cm³/mol. The monoisotopic (exact) mass is 322 g/mol. The molecule has 0 aromatic heterocycles. The van der Waals surface area contributed by atoms with E-state index in [1.54, 1.807) is 0 Å².